The summed E-state index contributed by atoms with van der Waals surface area (Å²) in [5, 5.41) is 11.2. The van der Waals surface area contributed by atoms with E-state index >= 15 is 0 Å². The number of benzene rings is 2. The van der Waals surface area contributed by atoms with Gasteiger partial charge in [0.1, 0.15) is 5.76 Å². The Morgan fingerprint density at radius 2 is 1.63 bits per heavy atom. The van der Waals surface area contributed by atoms with E-state index in [0.717, 1.165) is 35.2 Å². The van der Waals surface area contributed by atoms with Gasteiger partial charge in [-0.05, 0) is 65.0 Å². The Labute approximate surface area is 178 Å². The van der Waals surface area contributed by atoms with Gasteiger partial charge in [-0.15, -0.1) is 0 Å². The van der Waals surface area contributed by atoms with Gasteiger partial charge in [-0.1, -0.05) is 47.5 Å². The van der Waals surface area contributed by atoms with Crippen LogP contribution in [0.5, 0.6) is 0 Å². The summed E-state index contributed by atoms with van der Waals surface area (Å²) in [6.07, 6.45) is 0.742. The molecule has 0 bridgehead atoms. The summed E-state index contributed by atoms with van der Waals surface area (Å²) in [6.45, 7) is 7.08. The molecule has 1 fully saturated rings. The third kappa shape index (κ3) is 4.31. The van der Waals surface area contributed by atoms with Crippen molar-refractivity contribution >= 4 is 17.4 Å². The fourth-order valence-corrected chi connectivity index (χ4v) is 3.90. The number of likely N-dealkylation sites (tertiary alicyclic amines) is 1. The number of hydrogen-bond acceptors (Lipinski definition) is 4. The second kappa shape index (κ2) is 8.84. The molecule has 158 valence electrons. The van der Waals surface area contributed by atoms with Crippen molar-refractivity contribution < 1.29 is 14.7 Å². The minimum absolute atomic E-state index is 0.102. The van der Waals surface area contributed by atoms with E-state index in [0.29, 0.717) is 12.1 Å². The van der Waals surface area contributed by atoms with Crippen LogP contribution in [0.2, 0.25) is 0 Å². The molecular formula is C25H30N2O3. The van der Waals surface area contributed by atoms with Crippen molar-refractivity contribution in [2.75, 3.05) is 27.2 Å². The van der Waals surface area contributed by atoms with E-state index in [2.05, 4.69) is 0 Å². The second-order valence-corrected chi connectivity index (χ2v) is 8.38. The molecule has 0 aliphatic carbocycles. The lowest BCUT2D eigenvalue weighted by Crippen LogP contribution is -2.32. The van der Waals surface area contributed by atoms with Crippen LogP contribution in [0.4, 0.5) is 0 Å². The summed E-state index contributed by atoms with van der Waals surface area (Å²) < 4.78 is 0. The van der Waals surface area contributed by atoms with E-state index in [1.54, 1.807) is 4.90 Å². The minimum Gasteiger partial charge on any atom is -0.507 e. The number of nitrogens with zero attached hydrogens (tertiary/aromatic N) is 2. The van der Waals surface area contributed by atoms with Gasteiger partial charge in [-0.2, -0.15) is 0 Å². The number of carbonyl (C=O) groups is 2. The van der Waals surface area contributed by atoms with Crippen LogP contribution >= 0.6 is 0 Å². The number of amides is 1. The highest BCUT2D eigenvalue weighted by Gasteiger charge is 2.45. The molecule has 30 heavy (non-hydrogen) atoms. The summed E-state index contributed by atoms with van der Waals surface area (Å²) in [5.74, 6) is -1.27. The van der Waals surface area contributed by atoms with Crippen LogP contribution < -0.4 is 0 Å². The average molecular weight is 407 g/mol. The number of ketones is 1. The lowest BCUT2D eigenvalue weighted by molar-refractivity contribution is -0.139. The molecule has 1 aliphatic heterocycles. The van der Waals surface area contributed by atoms with Crippen molar-refractivity contribution in [3.05, 3.63) is 75.9 Å². The van der Waals surface area contributed by atoms with Gasteiger partial charge in [0, 0.05) is 12.1 Å². The molecule has 0 radical (unpaired) electrons. The average Bonchev–Trinajstić information content (AvgIpc) is 2.94. The maximum atomic E-state index is 13.1. The first-order valence-corrected chi connectivity index (χ1v) is 10.3. The van der Waals surface area contributed by atoms with Crippen LogP contribution in [0.25, 0.3) is 5.76 Å². The lowest BCUT2D eigenvalue weighted by atomic mass is 9.93. The molecule has 3 rings (SSSR count). The van der Waals surface area contributed by atoms with Crippen LogP contribution in [-0.2, 0) is 9.59 Å². The third-order valence-electron chi connectivity index (χ3n) is 5.59. The Morgan fingerprint density at radius 1 is 1.00 bits per heavy atom. The van der Waals surface area contributed by atoms with Crippen molar-refractivity contribution in [3.63, 3.8) is 0 Å². The number of aliphatic hydroxyl groups excluding tert-OH is 1. The molecule has 0 aromatic heterocycles. The van der Waals surface area contributed by atoms with Gasteiger partial charge in [0.05, 0.1) is 11.6 Å². The smallest absolute Gasteiger partial charge is 0.295 e. The molecule has 1 saturated heterocycles. The van der Waals surface area contributed by atoms with Crippen molar-refractivity contribution in [2.24, 2.45) is 0 Å². The standard InChI is InChI=1S/C25H30N2O3/c1-16-8-11-19(12-9-16)22-21(23(28)20-15-17(2)7-10-18(20)3)24(29)25(30)27(22)14-6-13-26(4)5/h7-12,15,22,28H,6,13-14H2,1-5H3/b23-21+. The second-order valence-electron chi connectivity index (χ2n) is 8.38. The molecule has 5 heteroatoms. The van der Waals surface area contributed by atoms with Crippen LogP contribution in [0.15, 0.2) is 48.0 Å². The maximum absolute atomic E-state index is 13.1. The first kappa shape index (κ1) is 21.8. The third-order valence-corrected chi connectivity index (χ3v) is 5.59. The monoisotopic (exact) mass is 406 g/mol. The Bertz CT molecular complexity index is 990. The van der Waals surface area contributed by atoms with Crippen molar-refractivity contribution in [1.82, 2.24) is 9.80 Å². The van der Waals surface area contributed by atoms with Crippen LogP contribution in [-0.4, -0.2) is 53.8 Å². The van der Waals surface area contributed by atoms with Gasteiger partial charge in [0.15, 0.2) is 0 Å². The van der Waals surface area contributed by atoms with Crippen molar-refractivity contribution in [1.29, 1.82) is 0 Å². The first-order valence-electron chi connectivity index (χ1n) is 10.3. The summed E-state index contributed by atoms with van der Waals surface area (Å²) in [4.78, 5) is 29.7. The van der Waals surface area contributed by atoms with E-state index < -0.39 is 17.7 Å². The van der Waals surface area contributed by atoms with Gasteiger partial charge in [0.25, 0.3) is 11.7 Å². The van der Waals surface area contributed by atoms with Crippen LogP contribution in [0.1, 0.15) is 40.3 Å². The van der Waals surface area contributed by atoms with Gasteiger partial charge in [-0.3, -0.25) is 9.59 Å². The highest BCUT2D eigenvalue weighted by molar-refractivity contribution is 6.46. The molecule has 2 aromatic rings. The topological polar surface area (TPSA) is 60.9 Å². The predicted molar refractivity (Wildman–Crippen MR) is 119 cm³/mol. The molecule has 1 aliphatic rings. The summed E-state index contributed by atoms with van der Waals surface area (Å²) in [6, 6.07) is 12.9. The zero-order chi connectivity index (χ0) is 22.0. The van der Waals surface area contributed by atoms with E-state index in [4.69, 9.17) is 0 Å². The number of aryl methyl sites for hydroxylation is 3. The molecule has 2 aromatic carbocycles. The largest absolute Gasteiger partial charge is 0.507 e. The van der Waals surface area contributed by atoms with E-state index in [1.807, 2.05) is 82.2 Å². The maximum Gasteiger partial charge on any atom is 0.295 e. The molecule has 0 saturated carbocycles. The number of hydrogen-bond donors (Lipinski definition) is 1. The van der Waals surface area contributed by atoms with E-state index in [-0.39, 0.29) is 11.3 Å². The SMILES string of the molecule is Cc1ccc(C2/C(=C(\O)c3cc(C)ccc3C)C(=O)C(=O)N2CCCN(C)C)cc1. The van der Waals surface area contributed by atoms with Gasteiger partial charge < -0.3 is 14.9 Å². The van der Waals surface area contributed by atoms with Crippen molar-refractivity contribution in [2.45, 2.75) is 33.2 Å². The lowest BCUT2D eigenvalue weighted by Gasteiger charge is -2.26. The predicted octanol–water partition coefficient (Wildman–Crippen LogP) is 3.99. The fourth-order valence-electron chi connectivity index (χ4n) is 3.90. The summed E-state index contributed by atoms with van der Waals surface area (Å²) in [7, 11) is 3.96. The molecule has 1 amide bonds. The Kier molecular flexibility index (Phi) is 6.42. The Hall–Kier alpha value is -2.92. The zero-order valence-electron chi connectivity index (χ0n) is 18.4. The molecular weight excluding hydrogens is 376 g/mol. The Morgan fingerprint density at radius 3 is 2.27 bits per heavy atom. The molecule has 5 nitrogen and oxygen atoms in total. The molecule has 1 unspecified atom stereocenters. The van der Waals surface area contributed by atoms with Crippen LogP contribution in [0.3, 0.4) is 0 Å². The highest BCUT2D eigenvalue weighted by atomic mass is 16.3. The normalized spacial score (nSPS) is 18.5. The Balaban J connectivity index is 2.13. The quantitative estimate of drug-likeness (QED) is 0.448. The van der Waals surface area contributed by atoms with E-state index in [1.165, 1.54) is 0 Å². The van der Waals surface area contributed by atoms with Gasteiger partial charge in [0.2, 0.25) is 0 Å². The number of carbonyl (C=O) groups excluding carboxylic acids is 2. The number of rotatable bonds is 6. The van der Waals surface area contributed by atoms with Gasteiger partial charge in [-0.25, -0.2) is 0 Å². The zero-order valence-corrected chi connectivity index (χ0v) is 18.4. The van der Waals surface area contributed by atoms with E-state index in [9.17, 15) is 14.7 Å². The minimum atomic E-state index is -0.621. The molecule has 1 N–H and O–H groups in total. The molecule has 1 heterocycles. The summed E-state index contributed by atoms with van der Waals surface area (Å²) in [5.41, 5.74) is 4.53. The number of Topliss-reactive ketones (excluding diaryl/α,β-unsaturated/α-hetero) is 1. The first-order chi connectivity index (χ1) is 14.2. The number of aliphatic hydroxyl groups is 1. The fraction of sp³-hybridized carbons (Fsp3) is 0.360. The van der Waals surface area contributed by atoms with Gasteiger partial charge >= 0.3 is 0 Å². The summed E-state index contributed by atoms with van der Waals surface area (Å²) >= 11 is 0. The van der Waals surface area contributed by atoms with Crippen LogP contribution in [0, 0.1) is 20.8 Å². The molecule has 0 spiro atoms. The highest BCUT2D eigenvalue weighted by Crippen LogP contribution is 2.40. The van der Waals surface area contributed by atoms with Crippen molar-refractivity contribution in [3.8, 4) is 0 Å². The molecule has 1 atom stereocenters.